The molecule has 20 heavy (non-hydrogen) atoms. The molecular formula is C12H10F4N4. The second kappa shape index (κ2) is 4.46. The number of hydrogen-bond donors (Lipinski definition) is 1. The fourth-order valence-corrected chi connectivity index (χ4v) is 2.22. The van der Waals surface area contributed by atoms with Crippen LogP contribution in [-0.2, 0) is 6.18 Å². The number of benzene rings is 1. The van der Waals surface area contributed by atoms with Crippen LogP contribution in [0.3, 0.4) is 0 Å². The first kappa shape index (κ1) is 12.9. The van der Waals surface area contributed by atoms with Crippen molar-refractivity contribution in [1.29, 1.82) is 0 Å². The molecule has 1 unspecified atom stereocenters. The quantitative estimate of drug-likeness (QED) is 0.820. The van der Waals surface area contributed by atoms with Crippen LogP contribution in [0.25, 0.3) is 0 Å². The minimum absolute atomic E-state index is 0.0814. The van der Waals surface area contributed by atoms with E-state index in [1.807, 2.05) is 0 Å². The summed E-state index contributed by atoms with van der Waals surface area (Å²) >= 11 is 0. The first-order valence-electron chi connectivity index (χ1n) is 5.98. The normalized spacial score (nSPS) is 18.5. The zero-order valence-corrected chi connectivity index (χ0v) is 10.2. The van der Waals surface area contributed by atoms with Crippen LogP contribution in [0.2, 0.25) is 0 Å². The molecule has 2 heterocycles. The Bertz CT molecular complexity index is 617. The zero-order valence-electron chi connectivity index (χ0n) is 10.2. The Morgan fingerprint density at radius 3 is 2.55 bits per heavy atom. The van der Waals surface area contributed by atoms with E-state index in [0.717, 1.165) is 0 Å². The number of rotatable bonds is 1. The lowest BCUT2D eigenvalue weighted by Crippen LogP contribution is -2.24. The predicted molar refractivity (Wildman–Crippen MR) is 62.7 cm³/mol. The summed E-state index contributed by atoms with van der Waals surface area (Å²) in [6.45, 7) is 0.484. The minimum Gasteiger partial charge on any atom is -0.354 e. The van der Waals surface area contributed by atoms with Crippen LogP contribution >= 0.6 is 0 Å². The number of halogens is 4. The second-order valence-corrected chi connectivity index (χ2v) is 4.48. The van der Waals surface area contributed by atoms with Crippen molar-refractivity contribution in [2.75, 3.05) is 11.9 Å². The third kappa shape index (κ3) is 2.21. The Balaban J connectivity index is 2.01. The number of nitrogens with one attached hydrogen (secondary N) is 1. The maximum atomic E-state index is 12.9. The molecule has 4 nitrogen and oxygen atoms in total. The van der Waals surface area contributed by atoms with Gasteiger partial charge in [-0.25, -0.2) is 9.07 Å². The third-order valence-corrected chi connectivity index (χ3v) is 3.14. The summed E-state index contributed by atoms with van der Waals surface area (Å²) in [7, 11) is 0. The summed E-state index contributed by atoms with van der Waals surface area (Å²) in [5, 5.41) is 6.31. The minimum atomic E-state index is -4.58. The molecule has 2 aromatic rings. The van der Waals surface area contributed by atoms with Crippen molar-refractivity contribution in [3.05, 3.63) is 41.5 Å². The molecule has 1 aliphatic heterocycles. The summed E-state index contributed by atoms with van der Waals surface area (Å²) in [5.41, 5.74) is 0.702. The van der Waals surface area contributed by atoms with Crippen molar-refractivity contribution in [2.24, 2.45) is 0 Å². The number of nitrogens with zero attached hydrogens (tertiary/aromatic N) is 3. The maximum absolute atomic E-state index is 12.9. The van der Waals surface area contributed by atoms with E-state index in [1.54, 1.807) is 12.1 Å². The van der Waals surface area contributed by atoms with Gasteiger partial charge in [-0.2, -0.15) is 18.2 Å². The molecule has 106 valence electrons. The molecule has 0 saturated heterocycles. The van der Waals surface area contributed by atoms with E-state index in [-0.39, 0.29) is 12.0 Å². The molecule has 0 radical (unpaired) electrons. The first-order chi connectivity index (χ1) is 9.45. The summed E-state index contributed by atoms with van der Waals surface area (Å²) in [4.78, 5) is 3.46. The van der Waals surface area contributed by atoms with Gasteiger partial charge in [0.05, 0.1) is 6.04 Å². The maximum Gasteiger partial charge on any atom is 0.453 e. The van der Waals surface area contributed by atoms with Gasteiger partial charge in [0, 0.05) is 6.54 Å². The lowest BCUT2D eigenvalue weighted by atomic mass is 10.0. The lowest BCUT2D eigenvalue weighted by molar-refractivity contribution is -0.145. The molecule has 0 aliphatic carbocycles. The lowest BCUT2D eigenvalue weighted by Gasteiger charge is -2.24. The molecular weight excluding hydrogens is 276 g/mol. The van der Waals surface area contributed by atoms with Crippen molar-refractivity contribution in [3.8, 4) is 0 Å². The van der Waals surface area contributed by atoms with Gasteiger partial charge >= 0.3 is 6.18 Å². The van der Waals surface area contributed by atoms with Crippen LogP contribution in [0, 0.1) is 5.82 Å². The van der Waals surface area contributed by atoms with Crippen molar-refractivity contribution < 1.29 is 17.6 Å². The molecule has 1 aromatic heterocycles. The van der Waals surface area contributed by atoms with E-state index in [2.05, 4.69) is 15.4 Å². The number of anilines is 1. The summed E-state index contributed by atoms with van der Waals surface area (Å²) in [6, 6.07) is 5.26. The highest BCUT2D eigenvalue weighted by atomic mass is 19.4. The Hall–Kier alpha value is -2.12. The molecule has 8 heteroatoms. The topological polar surface area (TPSA) is 42.7 Å². The van der Waals surface area contributed by atoms with E-state index >= 15 is 0 Å². The van der Waals surface area contributed by atoms with Gasteiger partial charge in [-0.05, 0) is 24.1 Å². The molecule has 0 spiro atoms. The molecule has 1 aromatic carbocycles. The number of aromatic nitrogens is 3. The highest BCUT2D eigenvalue weighted by Crippen LogP contribution is 2.33. The average molecular weight is 286 g/mol. The number of hydrogen-bond acceptors (Lipinski definition) is 3. The highest BCUT2D eigenvalue weighted by molar-refractivity contribution is 5.33. The largest absolute Gasteiger partial charge is 0.453 e. The van der Waals surface area contributed by atoms with Gasteiger partial charge in [0.2, 0.25) is 5.95 Å². The number of fused-ring (bicyclic) bond motifs is 1. The van der Waals surface area contributed by atoms with Crippen LogP contribution in [0.5, 0.6) is 0 Å². The smallest absolute Gasteiger partial charge is 0.354 e. The van der Waals surface area contributed by atoms with Crippen LogP contribution in [0.15, 0.2) is 24.3 Å². The monoisotopic (exact) mass is 286 g/mol. The van der Waals surface area contributed by atoms with E-state index in [0.29, 0.717) is 18.5 Å². The van der Waals surface area contributed by atoms with E-state index in [1.165, 1.54) is 16.8 Å². The van der Waals surface area contributed by atoms with Gasteiger partial charge in [0.15, 0.2) is 0 Å². The summed E-state index contributed by atoms with van der Waals surface area (Å²) < 4.78 is 52.0. The van der Waals surface area contributed by atoms with E-state index < -0.39 is 17.8 Å². The average Bonchev–Trinajstić information content (AvgIpc) is 2.83. The molecule has 3 rings (SSSR count). The Labute approximate surface area is 111 Å². The van der Waals surface area contributed by atoms with E-state index in [4.69, 9.17) is 0 Å². The van der Waals surface area contributed by atoms with Gasteiger partial charge in [0.25, 0.3) is 5.82 Å². The van der Waals surface area contributed by atoms with Crippen molar-refractivity contribution in [3.63, 3.8) is 0 Å². The van der Waals surface area contributed by atoms with Gasteiger partial charge in [-0.15, -0.1) is 5.10 Å². The van der Waals surface area contributed by atoms with Crippen LogP contribution in [0.1, 0.15) is 23.9 Å². The van der Waals surface area contributed by atoms with Crippen LogP contribution in [0.4, 0.5) is 23.5 Å². The Morgan fingerprint density at radius 2 is 1.90 bits per heavy atom. The van der Waals surface area contributed by atoms with Crippen molar-refractivity contribution in [1.82, 2.24) is 14.8 Å². The Morgan fingerprint density at radius 1 is 1.20 bits per heavy atom. The van der Waals surface area contributed by atoms with Crippen LogP contribution in [-0.4, -0.2) is 21.3 Å². The Kier molecular flexibility index (Phi) is 2.88. The van der Waals surface area contributed by atoms with Gasteiger partial charge in [0.1, 0.15) is 5.82 Å². The third-order valence-electron chi connectivity index (χ3n) is 3.14. The SMILES string of the molecule is Fc1ccc(C2CCNc3nc(C(F)(F)F)nn32)cc1. The molecule has 1 aliphatic rings. The molecule has 0 bridgehead atoms. The summed E-state index contributed by atoms with van der Waals surface area (Å²) in [5.74, 6) is -1.48. The van der Waals surface area contributed by atoms with Crippen molar-refractivity contribution in [2.45, 2.75) is 18.6 Å². The number of alkyl halides is 3. The van der Waals surface area contributed by atoms with Gasteiger partial charge in [-0.3, -0.25) is 0 Å². The van der Waals surface area contributed by atoms with Crippen molar-refractivity contribution >= 4 is 5.95 Å². The first-order valence-corrected chi connectivity index (χ1v) is 5.98. The standard InChI is InChI=1S/C12H10F4N4/c13-8-3-1-7(2-4-8)9-5-6-17-11-18-10(12(14,15)16)19-20(9)11/h1-4,9H,5-6H2,(H,17,18,19). The van der Waals surface area contributed by atoms with E-state index in [9.17, 15) is 17.6 Å². The molecule has 0 saturated carbocycles. The summed E-state index contributed by atoms with van der Waals surface area (Å²) in [6.07, 6.45) is -4.03. The fraction of sp³-hybridized carbons (Fsp3) is 0.333. The van der Waals surface area contributed by atoms with Crippen LogP contribution < -0.4 is 5.32 Å². The molecule has 1 atom stereocenters. The molecule has 1 N–H and O–H groups in total. The molecule has 0 fully saturated rings. The highest BCUT2D eigenvalue weighted by Gasteiger charge is 2.38. The van der Waals surface area contributed by atoms with Gasteiger partial charge in [-0.1, -0.05) is 12.1 Å². The fourth-order valence-electron chi connectivity index (χ4n) is 2.22. The molecule has 0 amide bonds. The zero-order chi connectivity index (χ0) is 14.3. The predicted octanol–water partition coefficient (Wildman–Crippen LogP) is 2.84. The second-order valence-electron chi connectivity index (χ2n) is 4.48. The van der Waals surface area contributed by atoms with Gasteiger partial charge < -0.3 is 5.32 Å².